The van der Waals surface area contributed by atoms with Crippen LogP contribution in [0.3, 0.4) is 0 Å². The summed E-state index contributed by atoms with van der Waals surface area (Å²) in [6.45, 7) is 2.41. The van der Waals surface area contributed by atoms with E-state index in [-0.39, 0.29) is 29.5 Å². The van der Waals surface area contributed by atoms with Crippen molar-refractivity contribution in [2.24, 2.45) is 0 Å². The first-order chi connectivity index (χ1) is 19.4. The molecule has 40 heavy (non-hydrogen) atoms. The smallest absolute Gasteiger partial charge is 0.264 e. The van der Waals surface area contributed by atoms with Gasteiger partial charge in [-0.05, 0) is 53.8 Å². The Bertz CT molecular complexity index is 1680. The molecule has 0 amide bonds. The van der Waals surface area contributed by atoms with Crippen LogP contribution in [0.1, 0.15) is 42.5 Å². The van der Waals surface area contributed by atoms with Gasteiger partial charge in [0.2, 0.25) is 5.89 Å². The fourth-order valence-corrected chi connectivity index (χ4v) is 4.42. The lowest BCUT2D eigenvalue weighted by atomic mass is 9.97. The van der Waals surface area contributed by atoms with Crippen LogP contribution in [0, 0.1) is 11.6 Å². The van der Waals surface area contributed by atoms with Gasteiger partial charge in [-0.3, -0.25) is 4.79 Å². The van der Waals surface area contributed by atoms with Crippen molar-refractivity contribution in [3.8, 4) is 34.1 Å². The van der Waals surface area contributed by atoms with Crippen LogP contribution < -0.4 is 10.3 Å². The topological polar surface area (TPSA) is 101 Å². The number of unbranched alkanes of at least 4 members (excludes halogenated alkanes) is 1. The monoisotopic (exact) mass is 543 g/mol. The molecule has 2 N–H and O–H groups in total. The van der Waals surface area contributed by atoms with E-state index in [2.05, 4.69) is 15.2 Å². The molecule has 0 unspecified atom stereocenters. The fraction of sp³-hybridized carbons (Fsp3) is 0.194. The number of hydrogen-bond donors (Lipinski definition) is 2. The third kappa shape index (κ3) is 5.93. The van der Waals surface area contributed by atoms with Crippen molar-refractivity contribution in [2.75, 3.05) is 0 Å². The van der Waals surface area contributed by atoms with E-state index in [0.717, 1.165) is 30.5 Å². The second-order valence-corrected chi connectivity index (χ2v) is 9.36. The lowest BCUT2D eigenvalue weighted by Crippen LogP contribution is -2.14. The minimum atomic E-state index is -0.992. The van der Waals surface area contributed by atoms with Gasteiger partial charge in [0.05, 0.1) is 6.42 Å². The molecule has 5 aromatic rings. The molecular weight excluding hydrogens is 516 g/mol. The molecule has 0 aliphatic heterocycles. The number of nitrogens with one attached hydrogen (secondary N) is 1. The van der Waals surface area contributed by atoms with Crippen molar-refractivity contribution in [3.05, 3.63) is 117 Å². The van der Waals surface area contributed by atoms with E-state index in [9.17, 15) is 18.7 Å². The molecule has 2 aromatic heterocycles. The molecule has 0 radical (unpaired) electrons. The third-order valence-corrected chi connectivity index (χ3v) is 6.44. The number of aromatic amines is 1. The van der Waals surface area contributed by atoms with E-state index in [0.29, 0.717) is 41.2 Å². The maximum Gasteiger partial charge on any atom is 0.264 e. The predicted octanol–water partition coefficient (Wildman–Crippen LogP) is 6.59. The molecule has 0 saturated heterocycles. The summed E-state index contributed by atoms with van der Waals surface area (Å²) in [5.41, 5.74) is 2.34. The maximum atomic E-state index is 13.6. The Labute approximate surface area is 229 Å². The Hall–Kier alpha value is -4.79. The molecule has 7 nitrogen and oxygen atoms in total. The highest BCUT2D eigenvalue weighted by molar-refractivity contribution is 5.80. The first-order valence-electron chi connectivity index (χ1n) is 12.9. The standard InChI is InChI=1S/C31H27F2N3O4/c1-2-3-12-25-27(21-10-7-11-22(17-21)39-18-19-8-5-4-6-9-19)29(37)28(30(38)34-25)31-36-35-26(40-31)16-20-13-14-23(32)24(33)15-20/h4-11,13-15,17H,2-3,12,16,18H2,1H3,(H2,34,37,38). The number of nitrogens with zero attached hydrogens (tertiary/aromatic N) is 2. The number of H-pyrrole nitrogens is 1. The number of aryl methyl sites for hydroxylation is 1. The van der Waals surface area contributed by atoms with Crippen LogP contribution in [0.2, 0.25) is 0 Å². The summed E-state index contributed by atoms with van der Waals surface area (Å²) in [5, 5.41) is 19.4. The molecule has 0 fully saturated rings. The second-order valence-electron chi connectivity index (χ2n) is 9.36. The average Bonchev–Trinajstić information content (AvgIpc) is 3.41. The zero-order valence-corrected chi connectivity index (χ0v) is 21.8. The van der Waals surface area contributed by atoms with E-state index in [1.165, 1.54) is 6.07 Å². The normalized spacial score (nSPS) is 11.1. The largest absolute Gasteiger partial charge is 0.506 e. The number of rotatable bonds is 10. The van der Waals surface area contributed by atoms with Crippen molar-refractivity contribution in [1.29, 1.82) is 0 Å². The zero-order chi connectivity index (χ0) is 28.1. The Morgan fingerprint density at radius 3 is 2.52 bits per heavy atom. The van der Waals surface area contributed by atoms with Crippen LogP contribution in [-0.4, -0.2) is 20.3 Å². The van der Waals surface area contributed by atoms with Crippen molar-refractivity contribution in [2.45, 2.75) is 39.2 Å². The summed E-state index contributed by atoms with van der Waals surface area (Å²) in [4.78, 5) is 16.0. The number of benzene rings is 3. The second kappa shape index (κ2) is 11.9. The summed E-state index contributed by atoms with van der Waals surface area (Å²) >= 11 is 0. The lowest BCUT2D eigenvalue weighted by molar-refractivity contribution is 0.306. The number of ether oxygens (including phenoxy) is 1. The molecular formula is C31H27F2N3O4. The number of hydrogen-bond acceptors (Lipinski definition) is 6. The van der Waals surface area contributed by atoms with Crippen molar-refractivity contribution in [3.63, 3.8) is 0 Å². The van der Waals surface area contributed by atoms with Gasteiger partial charge in [0.15, 0.2) is 11.6 Å². The van der Waals surface area contributed by atoms with Gasteiger partial charge in [-0.25, -0.2) is 8.78 Å². The first-order valence-corrected chi connectivity index (χ1v) is 12.9. The zero-order valence-electron chi connectivity index (χ0n) is 21.8. The van der Waals surface area contributed by atoms with Gasteiger partial charge in [0.25, 0.3) is 11.4 Å². The van der Waals surface area contributed by atoms with Gasteiger partial charge in [-0.15, -0.1) is 10.2 Å². The van der Waals surface area contributed by atoms with Crippen molar-refractivity contribution >= 4 is 0 Å². The van der Waals surface area contributed by atoms with E-state index in [1.807, 2.05) is 55.5 Å². The highest BCUT2D eigenvalue weighted by Gasteiger charge is 2.24. The fourth-order valence-electron chi connectivity index (χ4n) is 4.42. The minimum Gasteiger partial charge on any atom is -0.506 e. The van der Waals surface area contributed by atoms with Crippen LogP contribution in [0.15, 0.2) is 82.0 Å². The molecule has 2 heterocycles. The van der Waals surface area contributed by atoms with E-state index < -0.39 is 17.2 Å². The molecule has 0 bridgehead atoms. The quantitative estimate of drug-likeness (QED) is 0.206. The number of pyridine rings is 1. The minimum absolute atomic E-state index is 0.0190. The third-order valence-electron chi connectivity index (χ3n) is 6.44. The van der Waals surface area contributed by atoms with Gasteiger partial charge in [0, 0.05) is 11.3 Å². The number of aromatic hydroxyl groups is 1. The molecule has 3 aromatic carbocycles. The van der Waals surface area contributed by atoms with Gasteiger partial charge in [0.1, 0.15) is 23.7 Å². The van der Waals surface area contributed by atoms with Crippen molar-refractivity contribution < 1.29 is 23.0 Å². The molecule has 0 aliphatic rings. The summed E-state index contributed by atoms with van der Waals surface area (Å²) in [6.07, 6.45) is 2.24. The summed E-state index contributed by atoms with van der Waals surface area (Å²) in [5.74, 6) is -1.76. The molecule has 204 valence electrons. The Kier molecular flexibility index (Phi) is 8.00. The van der Waals surface area contributed by atoms with Gasteiger partial charge in [-0.1, -0.05) is 61.9 Å². The molecule has 5 rings (SSSR count). The summed E-state index contributed by atoms with van der Waals surface area (Å²) in [6, 6.07) is 20.5. The highest BCUT2D eigenvalue weighted by atomic mass is 19.2. The molecule has 9 heteroatoms. The van der Waals surface area contributed by atoms with Gasteiger partial charge < -0.3 is 19.2 Å². The van der Waals surface area contributed by atoms with Crippen LogP contribution in [0.4, 0.5) is 8.78 Å². The molecule has 0 aliphatic carbocycles. The van der Waals surface area contributed by atoms with Crippen LogP contribution in [0.5, 0.6) is 11.5 Å². The summed E-state index contributed by atoms with van der Waals surface area (Å²) < 4.78 is 38.6. The lowest BCUT2D eigenvalue weighted by Gasteiger charge is -2.15. The van der Waals surface area contributed by atoms with E-state index in [1.54, 1.807) is 6.07 Å². The summed E-state index contributed by atoms with van der Waals surface area (Å²) in [7, 11) is 0. The highest BCUT2D eigenvalue weighted by Crippen LogP contribution is 2.39. The maximum absolute atomic E-state index is 13.6. The predicted molar refractivity (Wildman–Crippen MR) is 146 cm³/mol. The average molecular weight is 544 g/mol. The van der Waals surface area contributed by atoms with E-state index in [4.69, 9.17) is 9.15 Å². The number of aromatic nitrogens is 3. The van der Waals surface area contributed by atoms with Gasteiger partial charge in [-0.2, -0.15) is 0 Å². The molecule has 0 spiro atoms. The first kappa shape index (κ1) is 26.8. The molecule has 0 saturated carbocycles. The SMILES string of the molecule is CCCCc1[nH]c(=O)c(-c2nnc(Cc3ccc(F)c(F)c3)o2)c(O)c1-c1cccc(OCc2ccccc2)c1. The van der Waals surface area contributed by atoms with Crippen LogP contribution in [0.25, 0.3) is 22.6 Å². The molecule has 0 atom stereocenters. The van der Waals surface area contributed by atoms with Gasteiger partial charge >= 0.3 is 0 Å². The van der Waals surface area contributed by atoms with Crippen molar-refractivity contribution in [1.82, 2.24) is 15.2 Å². The number of halogens is 2. The Morgan fingerprint density at radius 2 is 1.75 bits per heavy atom. The van der Waals surface area contributed by atoms with Crippen LogP contribution in [-0.2, 0) is 19.4 Å². The van der Waals surface area contributed by atoms with E-state index >= 15 is 0 Å². The van der Waals surface area contributed by atoms with Crippen LogP contribution >= 0.6 is 0 Å². The Morgan fingerprint density at radius 1 is 0.925 bits per heavy atom. The Balaban J connectivity index is 1.50.